The van der Waals surface area contributed by atoms with E-state index in [1.807, 2.05) is 0 Å². The highest BCUT2D eigenvalue weighted by Crippen LogP contribution is 2.11. The van der Waals surface area contributed by atoms with E-state index in [-0.39, 0.29) is 6.42 Å². The molecule has 0 radical (unpaired) electrons. The molecular formula is C33H65NO2. The lowest BCUT2D eigenvalue weighted by Gasteiger charge is -2.23. The Morgan fingerprint density at radius 1 is 0.556 bits per heavy atom. The number of carboxylic acid groups (broad SMARTS) is 1. The Hall–Kier alpha value is -1.09. The van der Waals surface area contributed by atoms with Gasteiger partial charge in [-0.05, 0) is 57.8 Å². The molecule has 0 aromatic heterocycles. The van der Waals surface area contributed by atoms with Gasteiger partial charge >= 0.3 is 0 Å². The van der Waals surface area contributed by atoms with E-state index in [1.165, 1.54) is 109 Å². The predicted octanol–water partition coefficient (Wildman–Crippen LogP) is 9.16. The standard InChI is InChI=1S/C18H32O2.C15H34N/c1-2-3-4-5-6-7-8-9-10-11-12-13-14-15-16-17-18(19)20;1-5-6-7-8-9-10-11-12-13-14-15-16(2,3)4/h6-7,9-10H,2-5,8,11-17H2,1H3,(H,19,20);5-15H2,1-4H3/q;+1/p-1/b7-6-,10-9-;. The summed E-state index contributed by atoms with van der Waals surface area (Å²) in [5, 5.41) is 10.2. The summed E-state index contributed by atoms with van der Waals surface area (Å²) >= 11 is 0. The Balaban J connectivity index is 0. The van der Waals surface area contributed by atoms with Crippen LogP contribution in [0.2, 0.25) is 0 Å². The number of hydrogen-bond acceptors (Lipinski definition) is 2. The monoisotopic (exact) mass is 508 g/mol. The zero-order valence-corrected chi connectivity index (χ0v) is 25.3. The number of quaternary nitrogens is 1. The van der Waals surface area contributed by atoms with Crippen molar-refractivity contribution in [2.75, 3.05) is 27.7 Å². The van der Waals surface area contributed by atoms with Crippen molar-refractivity contribution in [1.82, 2.24) is 0 Å². The SMILES string of the molecule is CCCCC/C=C\C/C=C\CCCCCCCC(=O)[O-].CCCCCCCCCCCC[N+](C)(C)C. The summed E-state index contributed by atoms with van der Waals surface area (Å²) in [5.74, 6) is -0.921. The molecule has 0 rings (SSSR count). The number of carbonyl (C=O) groups is 1. The third-order valence-electron chi connectivity index (χ3n) is 6.51. The van der Waals surface area contributed by atoms with Crippen molar-refractivity contribution >= 4 is 5.97 Å². The second-order valence-electron chi connectivity index (χ2n) is 11.5. The molecule has 0 bridgehead atoms. The summed E-state index contributed by atoms with van der Waals surface area (Å²) < 4.78 is 1.12. The minimum absolute atomic E-state index is 0.213. The molecule has 214 valence electrons. The van der Waals surface area contributed by atoms with E-state index >= 15 is 0 Å². The fraction of sp³-hybridized carbons (Fsp3) is 0.848. The maximum Gasteiger partial charge on any atom is 0.0780 e. The molecule has 0 heterocycles. The molecule has 0 spiro atoms. The van der Waals surface area contributed by atoms with Crippen LogP contribution in [-0.2, 0) is 4.79 Å². The van der Waals surface area contributed by atoms with Crippen LogP contribution in [-0.4, -0.2) is 38.1 Å². The predicted molar refractivity (Wildman–Crippen MR) is 159 cm³/mol. The van der Waals surface area contributed by atoms with Crippen molar-refractivity contribution in [2.45, 2.75) is 155 Å². The minimum atomic E-state index is -0.921. The van der Waals surface area contributed by atoms with Crippen LogP contribution < -0.4 is 5.11 Å². The van der Waals surface area contributed by atoms with Crippen LogP contribution in [0.25, 0.3) is 0 Å². The molecule has 0 aliphatic heterocycles. The summed E-state index contributed by atoms with van der Waals surface area (Å²) in [6, 6.07) is 0. The second kappa shape index (κ2) is 30.1. The Morgan fingerprint density at radius 2 is 0.944 bits per heavy atom. The van der Waals surface area contributed by atoms with Gasteiger partial charge in [-0.2, -0.15) is 0 Å². The molecule has 0 atom stereocenters. The first-order valence-corrected chi connectivity index (χ1v) is 15.6. The third kappa shape index (κ3) is 40.1. The molecule has 0 unspecified atom stereocenters. The first-order chi connectivity index (χ1) is 17.3. The molecule has 0 saturated carbocycles. The number of unbranched alkanes of at least 4 members (excludes halogenated alkanes) is 17. The van der Waals surface area contributed by atoms with Crippen molar-refractivity contribution in [3.63, 3.8) is 0 Å². The van der Waals surface area contributed by atoms with Gasteiger partial charge in [0, 0.05) is 5.97 Å². The number of nitrogens with zero attached hydrogens (tertiary/aromatic N) is 1. The average molecular weight is 508 g/mol. The van der Waals surface area contributed by atoms with Gasteiger partial charge in [0.15, 0.2) is 0 Å². The van der Waals surface area contributed by atoms with Gasteiger partial charge < -0.3 is 14.4 Å². The van der Waals surface area contributed by atoms with Crippen LogP contribution in [0.3, 0.4) is 0 Å². The molecule has 3 nitrogen and oxygen atoms in total. The molecule has 3 heteroatoms. The average Bonchev–Trinajstić information content (AvgIpc) is 2.82. The summed E-state index contributed by atoms with van der Waals surface area (Å²) in [7, 11) is 6.86. The Bertz CT molecular complexity index is 490. The maximum absolute atomic E-state index is 10.2. The lowest BCUT2D eigenvalue weighted by Crippen LogP contribution is -2.35. The summed E-state index contributed by atoms with van der Waals surface area (Å²) in [5.41, 5.74) is 0. The second-order valence-corrected chi connectivity index (χ2v) is 11.5. The van der Waals surface area contributed by atoms with E-state index < -0.39 is 5.97 Å². The number of aliphatic carboxylic acids is 1. The van der Waals surface area contributed by atoms with Crippen LogP contribution >= 0.6 is 0 Å². The molecule has 0 N–H and O–H groups in total. The van der Waals surface area contributed by atoms with E-state index in [9.17, 15) is 9.90 Å². The van der Waals surface area contributed by atoms with Gasteiger partial charge in [0.05, 0.1) is 27.7 Å². The van der Waals surface area contributed by atoms with E-state index in [0.29, 0.717) is 0 Å². The number of allylic oxidation sites excluding steroid dienone is 4. The van der Waals surface area contributed by atoms with Crippen molar-refractivity contribution in [1.29, 1.82) is 0 Å². The highest BCUT2D eigenvalue weighted by molar-refractivity contribution is 5.64. The van der Waals surface area contributed by atoms with Crippen molar-refractivity contribution in [2.24, 2.45) is 0 Å². The highest BCUT2D eigenvalue weighted by atomic mass is 16.4. The first kappa shape index (κ1) is 37.1. The van der Waals surface area contributed by atoms with Crippen LogP contribution in [0.1, 0.15) is 155 Å². The molecule has 0 saturated heterocycles. The lowest BCUT2D eigenvalue weighted by molar-refractivity contribution is -0.870. The van der Waals surface area contributed by atoms with Gasteiger partial charge in [0.2, 0.25) is 0 Å². The number of carboxylic acids is 1. The van der Waals surface area contributed by atoms with Crippen LogP contribution in [0.4, 0.5) is 0 Å². The topological polar surface area (TPSA) is 40.1 Å². The zero-order valence-electron chi connectivity index (χ0n) is 25.3. The number of carbonyl (C=O) groups excluding carboxylic acids is 1. The molecular weight excluding hydrogens is 442 g/mol. The van der Waals surface area contributed by atoms with E-state index in [4.69, 9.17) is 0 Å². The normalized spacial score (nSPS) is 11.8. The zero-order chi connectivity index (χ0) is 27.2. The molecule has 0 aliphatic rings. The van der Waals surface area contributed by atoms with E-state index in [1.54, 1.807) is 0 Å². The Kier molecular flexibility index (Phi) is 31.0. The fourth-order valence-corrected chi connectivity index (χ4v) is 4.15. The van der Waals surface area contributed by atoms with Crippen molar-refractivity contribution in [3.05, 3.63) is 24.3 Å². The molecule has 0 aromatic carbocycles. The van der Waals surface area contributed by atoms with Crippen molar-refractivity contribution in [3.8, 4) is 0 Å². The van der Waals surface area contributed by atoms with E-state index in [0.717, 1.165) is 36.6 Å². The van der Waals surface area contributed by atoms with Gasteiger partial charge in [-0.15, -0.1) is 0 Å². The first-order valence-electron chi connectivity index (χ1n) is 15.6. The van der Waals surface area contributed by atoms with E-state index in [2.05, 4.69) is 59.3 Å². The van der Waals surface area contributed by atoms with Gasteiger partial charge in [-0.3, -0.25) is 0 Å². The fourth-order valence-electron chi connectivity index (χ4n) is 4.15. The maximum atomic E-state index is 10.2. The van der Waals surface area contributed by atoms with Gasteiger partial charge in [0.25, 0.3) is 0 Å². The van der Waals surface area contributed by atoms with Crippen LogP contribution in [0.5, 0.6) is 0 Å². The smallest absolute Gasteiger partial charge is 0.0780 e. The lowest BCUT2D eigenvalue weighted by atomic mass is 10.1. The summed E-state index contributed by atoms with van der Waals surface area (Å²) in [6.45, 7) is 5.85. The highest BCUT2D eigenvalue weighted by Gasteiger charge is 2.04. The van der Waals surface area contributed by atoms with Gasteiger partial charge in [-0.25, -0.2) is 0 Å². The molecule has 36 heavy (non-hydrogen) atoms. The molecule has 0 aromatic rings. The largest absolute Gasteiger partial charge is 0.550 e. The third-order valence-corrected chi connectivity index (χ3v) is 6.51. The van der Waals surface area contributed by atoms with Crippen LogP contribution in [0, 0.1) is 0 Å². The summed E-state index contributed by atoms with van der Waals surface area (Å²) in [6.07, 6.45) is 36.3. The summed E-state index contributed by atoms with van der Waals surface area (Å²) in [4.78, 5) is 10.2. The number of hydrogen-bond donors (Lipinski definition) is 0. The van der Waals surface area contributed by atoms with Crippen LogP contribution in [0.15, 0.2) is 24.3 Å². The Labute approximate surface area is 227 Å². The Morgan fingerprint density at radius 3 is 1.42 bits per heavy atom. The molecule has 0 amide bonds. The van der Waals surface area contributed by atoms with Gasteiger partial charge in [0.1, 0.15) is 0 Å². The minimum Gasteiger partial charge on any atom is -0.550 e. The quantitative estimate of drug-likeness (QED) is 0.0702. The van der Waals surface area contributed by atoms with Crippen molar-refractivity contribution < 1.29 is 14.4 Å². The number of rotatable bonds is 25. The molecule has 0 aliphatic carbocycles. The molecule has 0 fully saturated rings. The van der Waals surface area contributed by atoms with Gasteiger partial charge in [-0.1, -0.05) is 122 Å².